The Balaban J connectivity index is 2.11. The van der Waals surface area contributed by atoms with Gasteiger partial charge in [-0.2, -0.15) is 13.2 Å². The Morgan fingerprint density at radius 2 is 2.10 bits per heavy atom. The molecule has 1 saturated heterocycles. The van der Waals surface area contributed by atoms with Crippen molar-refractivity contribution >= 4 is 11.6 Å². The van der Waals surface area contributed by atoms with Gasteiger partial charge in [0.05, 0.1) is 5.56 Å². The SMILES string of the molecule is CNC1CCCN(Cc2cc(Cl)cc(C(F)(F)F)c2)C1. The average molecular weight is 307 g/mol. The molecule has 2 rings (SSSR count). The molecular formula is C14H18ClF3N2. The molecule has 0 spiro atoms. The van der Waals surface area contributed by atoms with Crippen LogP contribution in [0.2, 0.25) is 5.02 Å². The second-order valence-electron chi connectivity index (χ2n) is 5.21. The van der Waals surface area contributed by atoms with Gasteiger partial charge in [0.15, 0.2) is 0 Å². The van der Waals surface area contributed by atoms with Crippen LogP contribution < -0.4 is 5.32 Å². The third-order valence-corrected chi connectivity index (χ3v) is 3.82. The third-order valence-electron chi connectivity index (χ3n) is 3.60. The van der Waals surface area contributed by atoms with Crippen molar-refractivity contribution in [2.75, 3.05) is 20.1 Å². The lowest BCUT2D eigenvalue weighted by molar-refractivity contribution is -0.137. The van der Waals surface area contributed by atoms with Crippen molar-refractivity contribution in [3.8, 4) is 0 Å². The van der Waals surface area contributed by atoms with Crippen LogP contribution in [0.25, 0.3) is 0 Å². The van der Waals surface area contributed by atoms with Crippen LogP contribution in [0.5, 0.6) is 0 Å². The first kappa shape index (κ1) is 15.6. The summed E-state index contributed by atoms with van der Waals surface area (Å²) in [5.74, 6) is 0. The van der Waals surface area contributed by atoms with Crippen molar-refractivity contribution in [1.29, 1.82) is 0 Å². The van der Waals surface area contributed by atoms with E-state index in [0.717, 1.165) is 32.0 Å². The zero-order valence-electron chi connectivity index (χ0n) is 11.3. The summed E-state index contributed by atoms with van der Waals surface area (Å²) in [5.41, 5.74) is -0.0660. The van der Waals surface area contributed by atoms with E-state index in [9.17, 15) is 13.2 Å². The van der Waals surface area contributed by atoms with Crippen LogP contribution in [0.15, 0.2) is 18.2 Å². The van der Waals surface area contributed by atoms with Gasteiger partial charge in [0.2, 0.25) is 0 Å². The Hall–Kier alpha value is -0.780. The minimum atomic E-state index is -4.35. The number of likely N-dealkylation sites (tertiary alicyclic amines) is 1. The third kappa shape index (κ3) is 4.11. The van der Waals surface area contributed by atoms with E-state index in [2.05, 4.69) is 10.2 Å². The van der Waals surface area contributed by atoms with Crippen molar-refractivity contribution in [3.05, 3.63) is 34.3 Å². The largest absolute Gasteiger partial charge is 0.416 e. The standard InChI is InChI=1S/C14H18ClF3N2/c1-19-13-3-2-4-20(9-13)8-10-5-11(14(16,17)18)7-12(15)6-10/h5-7,13,19H,2-4,8-9H2,1H3. The Bertz CT molecular complexity index is 462. The number of hydrogen-bond donors (Lipinski definition) is 1. The van der Waals surface area contributed by atoms with Crippen LogP contribution >= 0.6 is 11.6 Å². The fourth-order valence-corrected chi connectivity index (χ4v) is 2.86. The summed E-state index contributed by atoms with van der Waals surface area (Å²) in [6.45, 7) is 2.26. The minimum Gasteiger partial charge on any atom is -0.316 e. The molecule has 6 heteroatoms. The lowest BCUT2D eigenvalue weighted by Crippen LogP contribution is -2.43. The molecule has 1 N–H and O–H groups in total. The number of nitrogens with zero attached hydrogens (tertiary/aromatic N) is 1. The number of rotatable bonds is 3. The van der Waals surface area contributed by atoms with E-state index in [0.29, 0.717) is 18.2 Å². The van der Waals surface area contributed by atoms with Gasteiger partial charge < -0.3 is 5.32 Å². The highest BCUT2D eigenvalue weighted by atomic mass is 35.5. The van der Waals surface area contributed by atoms with Gasteiger partial charge >= 0.3 is 6.18 Å². The molecule has 1 aromatic rings. The molecule has 0 aromatic heterocycles. The zero-order valence-corrected chi connectivity index (χ0v) is 12.1. The van der Waals surface area contributed by atoms with Crippen LogP contribution in [0.3, 0.4) is 0 Å². The molecule has 0 amide bonds. The maximum atomic E-state index is 12.8. The minimum absolute atomic E-state index is 0.136. The predicted octanol–water partition coefficient (Wildman–Crippen LogP) is 3.54. The summed E-state index contributed by atoms with van der Waals surface area (Å²) in [5, 5.41) is 3.36. The van der Waals surface area contributed by atoms with Crippen molar-refractivity contribution < 1.29 is 13.2 Å². The lowest BCUT2D eigenvalue weighted by Gasteiger charge is -2.32. The topological polar surface area (TPSA) is 15.3 Å². The van der Waals surface area contributed by atoms with E-state index in [1.165, 1.54) is 6.07 Å². The Kier molecular flexibility index (Phi) is 4.94. The maximum Gasteiger partial charge on any atom is 0.416 e. The van der Waals surface area contributed by atoms with Gasteiger partial charge in [-0.25, -0.2) is 0 Å². The van der Waals surface area contributed by atoms with E-state index >= 15 is 0 Å². The Morgan fingerprint density at radius 1 is 1.35 bits per heavy atom. The highest BCUT2D eigenvalue weighted by Gasteiger charge is 2.31. The molecule has 1 atom stereocenters. The van der Waals surface area contributed by atoms with Gasteiger partial charge in [-0.05, 0) is 50.2 Å². The van der Waals surface area contributed by atoms with Crippen LogP contribution in [0.1, 0.15) is 24.0 Å². The fourth-order valence-electron chi connectivity index (χ4n) is 2.60. The number of likely N-dealkylation sites (N-methyl/N-ethyl adjacent to an activating group) is 1. The molecule has 0 aliphatic carbocycles. The summed E-state index contributed by atoms with van der Waals surface area (Å²) in [4.78, 5) is 2.16. The first-order valence-electron chi connectivity index (χ1n) is 6.65. The number of piperidine rings is 1. The highest BCUT2D eigenvalue weighted by Crippen LogP contribution is 2.32. The lowest BCUT2D eigenvalue weighted by atomic mass is 10.0. The number of nitrogens with one attached hydrogen (secondary N) is 1. The van der Waals surface area contributed by atoms with Crippen LogP contribution in [-0.4, -0.2) is 31.1 Å². The van der Waals surface area contributed by atoms with Gasteiger partial charge in [-0.15, -0.1) is 0 Å². The van der Waals surface area contributed by atoms with E-state index in [-0.39, 0.29) is 5.02 Å². The summed E-state index contributed by atoms with van der Waals surface area (Å²) in [7, 11) is 1.91. The number of hydrogen-bond acceptors (Lipinski definition) is 2. The monoisotopic (exact) mass is 306 g/mol. The van der Waals surface area contributed by atoms with Crippen LogP contribution in [-0.2, 0) is 12.7 Å². The molecule has 1 unspecified atom stereocenters. The highest BCUT2D eigenvalue weighted by molar-refractivity contribution is 6.30. The molecule has 1 aliphatic rings. The second-order valence-corrected chi connectivity index (χ2v) is 5.65. The first-order valence-corrected chi connectivity index (χ1v) is 7.02. The average Bonchev–Trinajstić information content (AvgIpc) is 2.37. The maximum absolute atomic E-state index is 12.8. The van der Waals surface area contributed by atoms with Gasteiger partial charge in [0, 0.05) is 24.2 Å². The number of alkyl halides is 3. The molecule has 0 saturated carbocycles. The molecule has 0 bridgehead atoms. The van der Waals surface area contributed by atoms with E-state index in [1.807, 2.05) is 7.05 Å². The normalized spacial score (nSPS) is 21.1. The fraction of sp³-hybridized carbons (Fsp3) is 0.571. The summed E-state index contributed by atoms with van der Waals surface area (Å²) in [6.07, 6.45) is -2.19. The quantitative estimate of drug-likeness (QED) is 0.919. The zero-order chi connectivity index (χ0) is 14.8. The molecular weight excluding hydrogens is 289 g/mol. The molecule has 1 heterocycles. The van der Waals surface area contributed by atoms with Crippen LogP contribution in [0, 0.1) is 0 Å². The Labute approximate surface area is 121 Å². The summed E-state index contributed by atoms with van der Waals surface area (Å²) in [6, 6.07) is 4.18. The van der Waals surface area contributed by atoms with Gasteiger partial charge in [-0.3, -0.25) is 4.90 Å². The molecule has 112 valence electrons. The van der Waals surface area contributed by atoms with Crippen molar-refractivity contribution in [2.45, 2.75) is 31.6 Å². The molecule has 1 fully saturated rings. The van der Waals surface area contributed by atoms with Gasteiger partial charge in [-0.1, -0.05) is 11.6 Å². The molecule has 2 nitrogen and oxygen atoms in total. The van der Waals surface area contributed by atoms with Crippen molar-refractivity contribution in [1.82, 2.24) is 10.2 Å². The Morgan fingerprint density at radius 3 is 2.75 bits per heavy atom. The van der Waals surface area contributed by atoms with Gasteiger partial charge in [0.1, 0.15) is 0 Å². The molecule has 1 aliphatic heterocycles. The van der Waals surface area contributed by atoms with E-state index in [4.69, 9.17) is 11.6 Å². The predicted molar refractivity (Wildman–Crippen MR) is 73.8 cm³/mol. The molecule has 1 aromatic carbocycles. The molecule has 20 heavy (non-hydrogen) atoms. The van der Waals surface area contributed by atoms with Crippen molar-refractivity contribution in [3.63, 3.8) is 0 Å². The second kappa shape index (κ2) is 6.33. The first-order chi connectivity index (χ1) is 9.38. The summed E-state index contributed by atoms with van der Waals surface area (Å²) >= 11 is 5.80. The smallest absolute Gasteiger partial charge is 0.316 e. The van der Waals surface area contributed by atoms with Crippen LogP contribution in [0.4, 0.5) is 13.2 Å². The van der Waals surface area contributed by atoms with Crippen molar-refractivity contribution in [2.24, 2.45) is 0 Å². The molecule has 0 radical (unpaired) electrons. The van der Waals surface area contributed by atoms with E-state index in [1.54, 1.807) is 6.07 Å². The van der Waals surface area contributed by atoms with Gasteiger partial charge in [0.25, 0.3) is 0 Å². The number of benzene rings is 1. The summed E-state index contributed by atoms with van der Waals surface area (Å²) < 4.78 is 38.3. The van der Waals surface area contributed by atoms with E-state index < -0.39 is 11.7 Å². The number of halogens is 4.